The van der Waals surface area contributed by atoms with Crippen LogP contribution < -0.4 is 0 Å². The van der Waals surface area contributed by atoms with Crippen molar-refractivity contribution in [3.05, 3.63) is 50.1 Å². The highest BCUT2D eigenvalue weighted by Gasteiger charge is 2.15. The molecule has 1 aromatic heterocycles. The third kappa shape index (κ3) is 3.13. The Kier molecular flexibility index (Phi) is 3.94. The second-order valence-electron chi connectivity index (χ2n) is 4.15. The minimum Gasteiger partial charge on any atom is -0.289 e. The molecule has 0 bridgehead atoms. The number of carbonyl (C=O) groups is 1. The van der Waals surface area contributed by atoms with E-state index in [-0.39, 0.29) is 10.7 Å². The Morgan fingerprint density at radius 3 is 2.21 bits per heavy atom. The summed E-state index contributed by atoms with van der Waals surface area (Å²) in [5, 5.41) is 0. The van der Waals surface area contributed by atoms with E-state index in [0.29, 0.717) is 11.1 Å². The second kappa shape index (κ2) is 5.19. The molecule has 0 aliphatic heterocycles. The first-order valence-corrected chi connectivity index (χ1v) is 8.90. The summed E-state index contributed by atoms with van der Waals surface area (Å²) >= 11 is 4.85. The van der Waals surface area contributed by atoms with Gasteiger partial charge in [-0.1, -0.05) is 0 Å². The summed E-state index contributed by atoms with van der Waals surface area (Å²) in [7, 11) is -3.23. The maximum Gasteiger partial charge on any atom is 0.194 e. The van der Waals surface area contributed by atoms with Crippen LogP contribution in [0.3, 0.4) is 0 Å². The van der Waals surface area contributed by atoms with Crippen molar-refractivity contribution in [1.82, 2.24) is 0 Å². The Morgan fingerprint density at radius 2 is 1.79 bits per heavy atom. The molecule has 19 heavy (non-hydrogen) atoms. The number of sulfone groups is 1. The summed E-state index contributed by atoms with van der Waals surface area (Å²) in [6.07, 6.45) is 1.14. The fourth-order valence-electron chi connectivity index (χ4n) is 1.68. The van der Waals surface area contributed by atoms with Crippen LogP contribution >= 0.6 is 27.3 Å². The summed E-state index contributed by atoms with van der Waals surface area (Å²) in [5.74, 6) is -0.0977. The molecule has 0 spiro atoms. The van der Waals surface area contributed by atoms with Gasteiger partial charge in [0.25, 0.3) is 0 Å². The number of rotatable bonds is 3. The molecule has 0 N–H and O–H groups in total. The Balaban J connectivity index is 2.38. The molecular weight excluding hydrogens is 348 g/mol. The quantitative estimate of drug-likeness (QED) is 0.789. The third-order valence-electron chi connectivity index (χ3n) is 2.68. The van der Waals surface area contributed by atoms with Gasteiger partial charge in [0.1, 0.15) is 0 Å². The molecule has 0 unspecified atom stereocenters. The van der Waals surface area contributed by atoms with Crippen LogP contribution in [0.5, 0.6) is 0 Å². The highest BCUT2D eigenvalue weighted by molar-refractivity contribution is 9.11. The van der Waals surface area contributed by atoms with Crippen LogP contribution in [0.4, 0.5) is 0 Å². The molecule has 0 saturated carbocycles. The van der Waals surface area contributed by atoms with Gasteiger partial charge in [0, 0.05) is 22.3 Å². The van der Waals surface area contributed by atoms with E-state index >= 15 is 0 Å². The summed E-state index contributed by atoms with van der Waals surface area (Å²) in [6.45, 7) is 1.88. The molecular formula is C13H11BrO3S2. The number of aryl methyl sites for hydroxylation is 1. The fraction of sp³-hybridized carbons (Fsp3) is 0.154. The molecule has 2 aromatic rings. The number of carbonyl (C=O) groups excluding carboxylic acids is 1. The van der Waals surface area contributed by atoms with Crippen LogP contribution in [0.15, 0.2) is 39.0 Å². The minimum absolute atomic E-state index is 0.0977. The van der Waals surface area contributed by atoms with Gasteiger partial charge in [-0.15, -0.1) is 11.3 Å². The van der Waals surface area contributed by atoms with E-state index in [2.05, 4.69) is 15.9 Å². The molecule has 0 aliphatic carbocycles. The first-order chi connectivity index (χ1) is 8.79. The number of hydrogen-bond donors (Lipinski definition) is 0. The molecule has 2 rings (SSSR count). The van der Waals surface area contributed by atoms with Crippen LogP contribution in [0.25, 0.3) is 0 Å². The smallest absolute Gasteiger partial charge is 0.194 e. The lowest BCUT2D eigenvalue weighted by molar-refractivity contribution is 0.103. The molecule has 0 saturated heterocycles. The van der Waals surface area contributed by atoms with Crippen LogP contribution in [0.2, 0.25) is 0 Å². The van der Waals surface area contributed by atoms with Crippen molar-refractivity contribution >= 4 is 42.9 Å². The predicted octanol–water partition coefficient (Wildman–Crippen LogP) is 3.45. The van der Waals surface area contributed by atoms with E-state index in [4.69, 9.17) is 0 Å². The van der Waals surface area contributed by atoms with Gasteiger partial charge in [-0.3, -0.25) is 4.79 Å². The SMILES string of the molecule is Cc1sc(Br)cc1C(=O)c1ccc(S(C)(=O)=O)cc1. The molecule has 0 atom stereocenters. The normalized spacial score (nSPS) is 11.5. The number of benzene rings is 1. The van der Waals surface area contributed by atoms with E-state index in [9.17, 15) is 13.2 Å². The van der Waals surface area contributed by atoms with Gasteiger partial charge in [0.2, 0.25) is 0 Å². The highest BCUT2D eigenvalue weighted by Crippen LogP contribution is 2.28. The number of hydrogen-bond acceptors (Lipinski definition) is 4. The van der Waals surface area contributed by atoms with Crippen LogP contribution in [0, 0.1) is 6.92 Å². The molecule has 1 aromatic carbocycles. The monoisotopic (exact) mass is 358 g/mol. The minimum atomic E-state index is -3.23. The first-order valence-electron chi connectivity index (χ1n) is 5.40. The van der Waals surface area contributed by atoms with Crippen molar-refractivity contribution in [2.75, 3.05) is 6.26 Å². The summed E-state index contributed by atoms with van der Waals surface area (Å²) in [6, 6.07) is 7.79. The van der Waals surface area contributed by atoms with Gasteiger partial charge in [0.05, 0.1) is 8.68 Å². The molecule has 0 fully saturated rings. The van der Waals surface area contributed by atoms with Gasteiger partial charge in [-0.25, -0.2) is 8.42 Å². The standard InChI is InChI=1S/C13H11BrO3S2/c1-8-11(7-12(14)18-8)13(15)9-3-5-10(6-4-9)19(2,16)17/h3-7H,1-2H3. The van der Waals surface area contributed by atoms with Crippen LogP contribution in [-0.2, 0) is 9.84 Å². The Hall–Kier alpha value is -0.980. The summed E-state index contributed by atoms with van der Waals surface area (Å²) < 4.78 is 23.6. The first kappa shape index (κ1) is 14.4. The maximum atomic E-state index is 12.3. The topological polar surface area (TPSA) is 51.2 Å². The molecule has 0 radical (unpaired) electrons. The zero-order chi connectivity index (χ0) is 14.2. The largest absolute Gasteiger partial charge is 0.289 e. The summed E-state index contributed by atoms with van der Waals surface area (Å²) in [5.41, 5.74) is 1.13. The molecule has 6 heteroatoms. The van der Waals surface area contributed by atoms with E-state index < -0.39 is 9.84 Å². The fourth-order valence-corrected chi connectivity index (χ4v) is 4.00. The maximum absolute atomic E-state index is 12.3. The molecule has 3 nitrogen and oxygen atoms in total. The lowest BCUT2D eigenvalue weighted by Crippen LogP contribution is -2.03. The van der Waals surface area contributed by atoms with Crippen molar-refractivity contribution in [2.24, 2.45) is 0 Å². The van der Waals surface area contributed by atoms with E-state index in [1.807, 2.05) is 6.92 Å². The van der Waals surface area contributed by atoms with Crippen LogP contribution in [-0.4, -0.2) is 20.5 Å². The number of thiophene rings is 1. The zero-order valence-corrected chi connectivity index (χ0v) is 13.5. The van der Waals surface area contributed by atoms with Crippen molar-refractivity contribution in [2.45, 2.75) is 11.8 Å². The van der Waals surface area contributed by atoms with Gasteiger partial charge in [-0.2, -0.15) is 0 Å². The van der Waals surface area contributed by atoms with Crippen molar-refractivity contribution in [3.8, 4) is 0 Å². The average molecular weight is 359 g/mol. The highest BCUT2D eigenvalue weighted by atomic mass is 79.9. The van der Waals surface area contributed by atoms with Gasteiger partial charge in [0.15, 0.2) is 15.6 Å². The number of halogens is 1. The van der Waals surface area contributed by atoms with Gasteiger partial charge < -0.3 is 0 Å². The Labute approximate surface area is 124 Å². The molecule has 0 aliphatic rings. The van der Waals surface area contributed by atoms with Crippen LogP contribution in [0.1, 0.15) is 20.8 Å². The van der Waals surface area contributed by atoms with E-state index in [1.54, 1.807) is 18.2 Å². The molecule has 0 amide bonds. The third-order valence-corrected chi connectivity index (χ3v) is 5.36. The van der Waals surface area contributed by atoms with Crippen molar-refractivity contribution < 1.29 is 13.2 Å². The van der Waals surface area contributed by atoms with Crippen molar-refractivity contribution in [3.63, 3.8) is 0 Å². The lowest BCUT2D eigenvalue weighted by atomic mass is 10.0. The van der Waals surface area contributed by atoms with Gasteiger partial charge >= 0.3 is 0 Å². The summed E-state index contributed by atoms with van der Waals surface area (Å²) in [4.78, 5) is 13.4. The Bertz CT molecular complexity index is 728. The Morgan fingerprint density at radius 1 is 1.21 bits per heavy atom. The molecule has 100 valence electrons. The second-order valence-corrected chi connectivity index (χ2v) is 8.80. The number of ketones is 1. The van der Waals surface area contributed by atoms with Gasteiger partial charge in [-0.05, 0) is 53.2 Å². The predicted molar refractivity (Wildman–Crippen MR) is 79.7 cm³/mol. The van der Waals surface area contributed by atoms with E-state index in [1.165, 1.54) is 23.5 Å². The lowest BCUT2D eigenvalue weighted by Gasteiger charge is -2.02. The van der Waals surface area contributed by atoms with Crippen molar-refractivity contribution in [1.29, 1.82) is 0 Å². The molecule has 1 heterocycles. The zero-order valence-electron chi connectivity index (χ0n) is 10.3. The van der Waals surface area contributed by atoms with E-state index in [0.717, 1.165) is 14.9 Å². The average Bonchev–Trinajstić information content (AvgIpc) is 2.66.